The van der Waals surface area contributed by atoms with Crippen molar-refractivity contribution in [2.75, 3.05) is 0 Å². The lowest BCUT2D eigenvalue weighted by molar-refractivity contribution is 0.263. The highest BCUT2D eigenvalue weighted by atomic mass is 14.3. The standard InChI is InChI=1S/C16H24/c1-15(2,3)13-16(4,5)12-11-14-9-7-6-8-10-14/h6-12H,13H2,1-5H3. The Bertz CT molecular complexity index is 336. The van der Waals surface area contributed by atoms with Crippen molar-refractivity contribution in [1.29, 1.82) is 0 Å². The number of allylic oxidation sites excluding steroid dienone is 1. The molecule has 0 saturated heterocycles. The van der Waals surface area contributed by atoms with E-state index in [1.54, 1.807) is 0 Å². The average molecular weight is 216 g/mol. The third kappa shape index (κ3) is 5.16. The Morgan fingerprint density at radius 2 is 1.50 bits per heavy atom. The van der Waals surface area contributed by atoms with Crippen LogP contribution in [-0.4, -0.2) is 0 Å². The number of benzene rings is 1. The fraction of sp³-hybridized carbons (Fsp3) is 0.500. The topological polar surface area (TPSA) is 0 Å². The van der Waals surface area contributed by atoms with E-state index in [4.69, 9.17) is 0 Å². The van der Waals surface area contributed by atoms with Crippen molar-refractivity contribution in [3.05, 3.63) is 42.0 Å². The van der Waals surface area contributed by atoms with Gasteiger partial charge in [0.15, 0.2) is 0 Å². The molecule has 0 nitrogen and oxygen atoms in total. The summed E-state index contributed by atoms with van der Waals surface area (Å²) in [6, 6.07) is 10.5. The monoisotopic (exact) mass is 216 g/mol. The molecule has 1 aromatic rings. The van der Waals surface area contributed by atoms with Crippen LogP contribution in [0.25, 0.3) is 6.08 Å². The van der Waals surface area contributed by atoms with Crippen molar-refractivity contribution < 1.29 is 0 Å². The molecular formula is C16H24. The van der Waals surface area contributed by atoms with Gasteiger partial charge < -0.3 is 0 Å². The van der Waals surface area contributed by atoms with Crippen molar-refractivity contribution in [2.45, 2.75) is 41.0 Å². The average Bonchev–Trinajstić information content (AvgIpc) is 2.13. The van der Waals surface area contributed by atoms with E-state index in [1.807, 2.05) is 0 Å². The van der Waals surface area contributed by atoms with Crippen LogP contribution in [0, 0.1) is 10.8 Å². The number of rotatable bonds is 3. The number of hydrogen-bond acceptors (Lipinski definition) is 0. The summed E-state index contributed by atoms with van der Waals surface area (Å²) in [4.78, 5) is 0. The Morgan fingerprint density at radius 3 is 2.00 bits per heavy atom. The normalized spacial score (nSPS) is 13.3. The van der Waals surface area contributed by atoms with Crippen molar-refractivity contribution in [1.82, 2.24) is 0 Å². The number of hydrogen-bond donors (Lipinski definition) is 0. The van der Waals surface area contributed by atoms with Gasteiger partial charge in [0, 0.05) is 0 Å². The van der Waals surface area contributed by atoms with Gasteiger partial charge in [0.2, 0.25) is 0 Å². The summed E-state index contributed by atoms with van der Waals surface area (Å²) in [6.07, 6.45) is 5.75. The maximum atomic E-state index is 2.33. The summed E-state index contributed by atoms with van der Waals surface area (Å²) >= 11 is 0. The van der Waals surface area contributed by atoms with E-state index in [9.17, 15) is 0 Å². The Hall–Kier alpha value is -1.04. The van der Waals surface area contributed by atoms with Gasteiger partial charge in [0.25, 0.3) is 0 Å². The second kappa shape index (κ2) is 4.86. The molecule has 0 heterocycles. The molecule has 0 unspecified atom stereocenters. The Kier molecular flexibility index (Phi) is 3.96. The lowest BCUT2D eigenvalue weighted by atomic mass is 9.76. The third-order valence-corrected chi connectivity index (χ3v) is 2.51. The minimum absolute atomic E-state index is 0.258. The molecule has 1 rings (SSSR count). The lowest BCUT2D eigenvalue weighted by Gasteiger charge is -2.29. The quantitative estimate of drug-likeness (QED) is 0.654. The van der Waals surface area contributed by atoms with E-state index in [2.05, 4.69) is 77.1 Å². The Morgan fingerprint density at radius 1 is 0.938 bits per heavy atom. The van der Waals surface area contributed by atoms with Gasteiger partial charge in [0.1, 0.15) is 0 Å². The summed E-state index contributed by atoms with van der Waals surface area (Å²) in [5, 5.41) is 0. The first-order valence-corrected chi connectivity index (χ1v) is 6.03. The molecule has 0 heteroatoms. The molecule has 0 radical (unpaired) electrons. The summed E-state index contributed by atoms with van der Waals surface area (Å²) in [5.41, 5.74) is 1.92. The smallest absolute Gasteiger partial charge is 0.0167 e. The molecule has 0 aliphatic rings. The first-order valence-electron chi connectivity index (χ1n) is 6.03. The lowest BCUT2D eigenvalue weighted by Crippen LogP contribution is -2.18. The molecule has 88 valence electrons. The van der Waals surface area contributed by atoms with Crippen molar-refractivity contribution in [3.63, 3.8) is 0 Å². The van der Waals surface area contributed by atoms with Crippen LogP contribution in [0.4, 0.5) is 0 Å². The van der Waals surface area contributed by atoms with E-state index in [1.165, 1.54) is 12.0 Å². The van der Waals surface area contributed by atoms with Crippen molar-refractivity contribution in [3.8, 4) is 0 Å². The van der Waals surface area contributed by atoms with E-state index < -0.39 is 0 Å². The Balaban J connectivity index is 2.69. The fourth-order valence-electron chi connectivity index (χ4n) is 2.31. The fourth-order valence-corrected chi connectivity index (χ4v) is 2.31. The molecule has 0 saturated carbocycles. The largest absolute Gasteiger partial charge is 0.0782 e. The van der Waals surface area contributed by atoms with E-state index in [0.717, 1.165) is 0 Å². The molecule has 0 bridgehead atoms. The molecule has 0 aromatic heterocycles. The molecule has 0 fully saturated rings. The molecule has 1 aromatic carbocycles. The first-order chi connectivity index (χ1) is 7.29. The molecule has 0 aliphatic carbocycles. The van der Waals surface area contributed by atoms with Gasteiger partial charge in [0.05, 0.1) is 0 Å². The second-order valence-corrected chi connectivity index (χ2v) is 6.47. The van der Waals surface area contributed by atoms with Crippen molar-refractivity contribution in [2.24, 2.45) is 10.8 Å². The van der Waals surface area contributed by atoms with Crippen LogP contribution in [0.3, 0.4) is 0 Å². The Labute approximate surface area is 100 Å². The predicted molar refractivity (Wildman–Crippen MR) is 73.3 cm³/mol. The summed E-state index contributed by atoms with van der Waals surface area (Å²) in [5.74, 6) is 0. The van der Waals surface area contributed by atoms with Crippen LogP contribution in [0.5, 0.6) is 0 Å². The van der Waals surface area contributed by atoms with Crippen LogP contribution < -0.4 is 0 Å². The molecule has 0 N–H and O–H groups in total. The third-order valence-electron chi connectivity index (χ3n) is 2.51. The molecular weight excluding hydrogens is 192 g/mol. The summed E-state index contributed by atoms with van der Waals surface area (Å²) in [7, 11) is 0. The second-order valence-electron chi connectivity index (χ2n) is 6.47. The van der Waals surface area contributed by atoms with Crippen LogP contribution in [0.2, 0.25) is 0 Å². The predicted octanol–water partition coefficient (Wildman–Crippen LogP) is 5.16. The molecule has 16 heavy (non-hydrogen) atoms. The van der Waals surface area contributed by atoms with Gasteiger partial charge in [-0.25, -0.2) is 0 Å². The minimum Gasteiger partial charge on any atom is -0.0782 e. The highest BCUT2D eigenvalue weighted by Crippen LogP contribution is 2.34. The molecule has 0 amide bonds. The van der Waals surface area contributed by atoms with Gasteiger partial charge in [-0.2, -0.15) is 0 Å². The van der Waals surface area contributed by atoms with Crippen LogP contribution >= 0.6 is 0 Å². The summed E-state index contributed by atoms with van der Waals surface area (Å²) < 4.78 is 0. The zero-order valence-corrected chi connectivity index (χ0v) is 11.2. The van der Waals surface area contributed by atoms with E-state index >= 15 is 0 Å². The summed E-state index contributed by atoms with van der Waals surface area (Å²) in [6.45, 7) is 11.5. The SMILES string of the molecule is CC(C)(C)CC(C)(C)C=Cc1ccccc1. The van der Waals surface area contributed by atoms with E-state index in [-0.39, 0.29) is 5.41 Å². The van der Waals surface area contributed by atoms with Crippen LogP contribution in [-0.2, 0) is 0 Å². The van der Waals surface area contributed by atoms with Gasteiger partial charge in [-0.3, -0.25) is 0 Å². The maximum Gasteiger partial charge on any atom is -0.0167 e. The zero-order chi connectivity index (χ0) is 12.2. The molecule has 0 aliphatic heterocycles. The van der Waals surface area contributed by atoms with Gasteiger partial charge in [-0.1, -0.05) is 77.1 Å². The minimum atomic E-state index is 0.258. The van der Waals surface area contributed by atoms with Crippen molar-refractivity contribution >= 4 is 6.08 Å². The van der Waals surface area contributed by atoms with Crippen LogP contribution in [0.1, 0.15) is 46.6 Å². The first kappa shape index (κ1) is 13.0. The highest BCUT2D eigenvalue weighted by molar-refractivity contribution is 5.49. The highest BCUT2D eigenvalue weighted by Gasteiger charge is 2.22. The van der Waals surface area contributed by atoms with Gasteiger partial charge in [-0.05, 0) is 22.8 Å². The van der Waals surface area contributed by atoms with Gasteiger partial charge >= 0.3 is 0 Å². The van der Waals surface area contributed by atoms with E-state index in [0.29, 0.717) is 5.41 Å². The molecule has 0 atom stereocenters. The van der Waals surface area contributed by atoms with Crippen LogP contribution in [0.15, 0.2) is 36.4 Å². The van der Waals surface area contributed by atoms with Gasteiger partial charge in [-0.15, -0.1) is 0 Å². The molecule has 0 spiro atoms. The maximum absolute atomic E-state index is 2.33. The zero-order valence-electron chi connectivity index (χ0n) is 11.2.